The van der Waals surface area contributed by atoms with Crippen molar-refractivity contribution in [3.05, 3.63) is 36.2 Å². The summed E-state index contributed by atoms with van der Waals surface area (Å²) < 4.78 is 13.2. The highest BCUT2D eigenvalue weighted by Gasteiger charge is 2.39. The van der Waals surface area contributed by atoms with Crippen LogP contribution in [0.4, 0.5) is 0 Å². The average Bonchev–Trinajstić information content (AvgIpc) is 3.30. The summed E-state index contributed by atoms with van der Waals surface area (Å²) in [5.74, 6) is 1.36. The van der Waals surface area contributed by atoms with E-state index in [1.807, 2.05) is 29.3 Å². The molecular weight excluding hydrogens is 362 g/mol. The van der Waals surface area contributed by atoms with E-state index in [0.29, 0.717) is 37.6 Å². The van der Waals surface area contributed by atoms with Gasteiger partial charge in [-0.05, 0) is 18.6 Å². The number of hydrogen-bond acceptors (Lipinski definition) is 6. The van der Waals surface area contributed by atoms with Gasteiger partial charge in [-0.1, -0.05) is 17.3 Å². The van der Waals surface area contributed by atoms with E-state index in [0.717, 1.165) is 18.7 Å². The van der Waals surface area contributed by atoms with Crippen molar-refractivity contribution in [2.24, 2.45) is 0 Å². The third kappa shape index (κ3) is 3.06. The van der Waals surface area contributed by atoms with Crippen LogP contribution < -0.4 is 9.47 Å². The molecule has 1 atom stereocenters. The quantitative estimate of drug-likeness (QED) is 0.769. The summed E-state index contributed by atoms with van der Waals surface area (Å²) in [6.45, 7) is 2.62. The first kappa shape index (κ1) is 17.0. The molecular formula is C19H21N5O4. The monoisotopic (exact) mass is 383 g/mol. The Morgan fingerprint density at radius 3 is 2.82 bits per heavy atom. The van der Waals surface area contributed by atoms with Crippen LogP contribution in [0.3, 0.4) is 0 Å². The maximum Gasteiger partial charge on any atom is 0.267 e. The standard InChI is InChI=1S/C19H21N5O4/c25-18-6-3-7-22(18)8-13-9-24(21-20-13)14-10-23(11-14)19(26)17-12-27-15-4-1-2-5-16(15)28-17/h1-2,4-5,9,14,17H,3,6-8,10-12H2. The van der Waals surface area contributed by atoms with Crippen molar-refractivity contribution in [2.45, 2.75) is 31.5 Å². The van der Waals surface area contributed by atoms with Crippen molar-refractivity contribution in [1.29, 1.82) is 0 Å². The lowest BCUT2D eigenvalue weighted by Crippen LogP contribution is -2.56. The van der Waals surface area contributed by atoms with Crippen molar-refractivity contribution < 1.29 is 19.1 Å². The molecule has 0 spiro atoms. The van der Waals surface area contributed by atoms with Crippen molar-refractivity contribution in [1.82, 2.24) is 24.8 Å². The molecule has 0 saturated carbocycles. The van der Waals surface area contributed by atoms with E-state index < -0.39 is 6.10 Å². The molecule has 28 heavy (non-hydrogen) atoms. The third-order valence-corrected chi connectivity index (χ3v) is 5.41. The predicted octanol–water partition coefficient (Wildman–Crippen LogP) is 0.624. The zero-order valence-electron chi connectivity index (χ0n) is 15.4. The van der Waals surface area contributed by atoms with Crippen LogP contribution in [0.15, 0.2) is 30.5 Å². The molecule has 0 bridgehead atoms. The van der Waals surface area contributed by atoms with Gasteiger partial charge in [-0.2, -0.15) is 0 Å². The molecule has 0 N–H and O–H groups in total. The second kappa shape index (κ2) is 6.81. The molecule has 9 heteroatoms. The first-order valence-electron chi connectivity index (χ1n) is 9.53. The van der Waals surface area contributed by atoms with Crippen molar-refractivity contribution >= 4 is 11.8 Å². The summed E-state index contributed by atoms with van der Waals surface area (Å²) in [4.78, 5) is 28.0. The smallest absolute Gasteiger partial charge is 0.267 e. The number of fused-ring (bicyclic) bond motifs is 1. The Morgan fingerprint density at radius 1 is 1.21 bits per heavy atom. The van der Waals surface area contributed by atoms with Gasteiger partial charge in [-0.3, -0.25) is 9.59 Å². The minimum absolute atomic E-state index is 0.0752. The molecule has 2 saturated heterocycles. The number of likely N-dealkylation sites (tertiary alicyclic amines) is 2. The Hall–Kier alpha value is -3.10. The van der Waals surface area contributed by atoms with Gasteiger partial charge in [0.05, 0.1) is 18.8 Å². The highest BCUT2D eigenvalue weighted by molar-refractivity contribution is 5.82. The van der Waals surface area contributed by atoms with Gasteiger partial charge in [0.25, 0.3) is 5.91 Å². The number of amides is 2. The van der Waals surface area contributed by atoms with Crippen molar-refractivity contribution in [3.8, 4) is 11.5 Å². The Bertz CT molecular complexity index is 907. The molecule has 2 amide bonds. The van der Waals surface area contributed by atoms with E-state index in [1.54, 1.807) is 15.6 Å². The molecule has 1 aromatic carbocycles. The fraction of sp³-hybridized carbons (Fsp3) is 0.474. The lowest BCUT2D eigenvalue weighted by Gasteiger charge is -2.41. The lowest BCUT2D eigenvalue weighted by atomic mass is 10.1. The molecule has 2 fully saturated rings. The maximum atomic E-state index is 12.7. The van der Waals surface area contributed by atoms with Crippen LogP contribution >= 0.6 is 0 Å². The van der Waals surface area contributed by atoms with Gasteiger partial charge >= 0.3 is 0 Å². The summed E-state index contributed by atoms with van der Waals surface area (Å²) in [5.41, 5.74) is 0.778. The zero-order chi connectivity index (χ0) is 19.1. The Balaban J connectivity index is 1.16. The van der Waals surface area contributed by atoms with Crippen molar-refractivity contribution in [3.63, 3.8) is 0 Å². The van der Waals surface area contributed by atoms with E-state index in [1.165, 1.54) is 0 Å². The number of rotatable bonds is 4. The number of ether oxygens (including phenoxy) is 2. The highest BCUT2D eigenvalue weighted by atomic mass is 16.6. The number of hydrogen-bond donors (Lipinski definition) is 0. The molecule has 1 unspecified atom stereocenters. The molecule has 0 radical (unpaired) electrons. The lowest BCUT2D eigenvalue weighted by molar-refractivity contribution is -0.147. The summed E-state index contributed by atoms with van der Waals surface area (Å²) >= 11 is 0. The molecule has 3 aliphatic heterocycles. The average molecular weight is 383 g/mol. The fourth-order valence-corrected chi connectivity index (χ4v) is 3.78. The number of benzene rings is 1. The number of carbonyl (C=O) groups excluding carboxylic acids is 2. The highest BCUT2D eigenvalue weighted by Crippen LogP contribution is 2.32. The fourth-order valence-electron chi connectivity index (χ4n) is 3.78. The van der Waals surface area contributed by atoms with Gasteiger partial charge < -0.3 is 19.3 Å². The number of aromatic nitrogens is 3. The summed E-state index contributed by atoms with van der Waals surface area (Å²) in [7, 11) is 0. The molecule has 146 valence electrons. The first-order valence-corrected chi connectivity index (χ1v) is 9.53. The predicted molar refractivity (Wildman–Crippen MR) is 96.6 cm³/mol. The first-order chi connectivity index (χ1) is 13.7. The van der Waals surface area contributed by atoms with E-state index in [4.69, 9.17) is 9.47 Å². The molecule has 1 aromatic heterocycles. The van der Waals surface area contributed by atoms with Crippen LogP contribution in [-0.2, 0) is 16.1 Å². The number of nitrogens with zero attached hydrogens (tertiary/aromatic N) is 5. The third-order valence-electron chi connectivity index (χ3n) is 5.41. The van der Waals surface area contributed by atoms with Crippen LogP contribution in [0.2, 0.25) is 0 Å². The van der Waals surface area contributed by atoms with Crippen LogP contribution in [-0.4, -0.2) is 69.0 Å². The largest absolute Gasteiger partial charge is 0.485 e. The minimum Gasteiger partial charge on any atom is -0.485 e. The Kier molecular flexibility index (Phi) is 4.14. The van der Waals surface area contributed by atoms with Crippen LogP contribution in [0.5, 0.6) is 11.5 Å². The number of para-hydroxylation sites is 2. The van der Waals surface area contributed by atoms with Gasteiger partial charge in [0.2, 0.25) is 12.0 Å². The Morgan fingerprint density at radius 2 is 2.04 bits per heavy atom. The molecule has 5 rings (SSSR count). The van der Waals surface area contributed by atoms with E-state index in [-0.39, 0.29) is 24.5 Å². The van der Waals surface area contributed by atoms with Crippen LogP contribution in [0.25, 0.3) is 0 Å². The summed E-state index contributed by atoms with van der Waals surface area (Å²) in [5, 5.41) is 8.35. The second-order valence-electron chi connectivity index (χ2n) is 7.37. The van der Waals surface area contributed by atoms with Gasteiger partial charge in [0.1, 0.15) is 12.3 Å². The SMILES string of the molecule is O=C1CCCN1Cc1cn(C2CN(C(=O)C3COc4ccccc4O3)C2)nn1. The molecule has 0 aliphatic carbocycles. The van der Waals surface area contributed by atoms with Gasteiger partial charge in [-0.25, -0.2) is 4.68 Å². The summed E-state index contributed by atoms with van der Waals surface area (Å²) in [6, 6.07) is 7.45. The topological polar surface area (TPSA) is 89.8 Å². The maximum absolute atomic E-state index is 12.7. The van der Waals surface area contributed by atoms with E-state index in [2.05, 4.69) is 10.3 Å². The van der Waals surface area contributed by atoms with E-state index >= 15 is 0 Å². The Labute approximate surface area is 161 Å². The van der Waals surface area contributed by atoms with E-state index in [9.17, 15) is 9.59 Å². The van der Waals surface area contributed by atoms with Gasteiger partial charge in [0.15, 0.2) is 11.5 Å². The minimum atomic E-state index is -0.622. The molecule has 4 heterocycles. The zero-order valence-corrected chi connectivity index (χ0v) is 15.4. The molecule has 3 aliphatic rings. The molecule has 9 nitrogen and oxygen atoms in total. The normalized spacial score (nSPS) is 21.7. The van der Waals surface area contributed by atoms with Crippen LogP contribution in [0, 0.1) is 0 Å². The summed E-state index contributed by atoms with van der Waals surface area (Å²) in [6.07, 6.45) is 2.77. The van der Waals surface area contributed by atoms with Crippen molar-refractivity contribution in [2.75, 3.05) is 26.2 Å². The van der Waals surface area contributed by atoms with Gasteiger partial charge in [-0.15, -0.1) is 5.10 Å². The second-order valence-corrected chi connectivity index (χ2v) is 7.37. The van der Waals surface area contributed by atoms with Gasteiger partial charge in [0, 0.05) is 26.1 Å². The number of carbonyl (C=O) groups is 2. The van der Waals surface area contributed by atoms with Crippen LogP contribution in [0.1, 0.15) is 24.6 Å². The molecule has 2 aromatic rings.